The van der Waals surface area contributed by atoms with Crippen molar-refractivity contribution in [1.29, 1.82) is 0 Å². The Hall–Kier alpha value is -2.90. The maximum Gasteiger partial charge on any atom is 0.309 e. The highest BCUT2D eigenvalue weighted by Crippen LogP contribution is 2.24. The van der Waals surface area contributed by atoms with Crippen LogP contribution in [0.5, 0.6) is 0 Å². The van der Waals surface area contributed by atoms with Gasteiger partial charge in [0.25, 0.3) is 5.91 Å². The normalized spacial score (nSPS) is 15.8. The molecule has 0 unspecified atom stereocenters. The number of esters is 1. The average molecular weight is 418 g/mol. The molecular weight excluding hydrogens is 386 g/mol. The number of rotatable bonds is 5. The molecule has 2 N–H and O–H groups in total. The summed E-state index contributed by atoms with van der Waals surface area (Å²) in [7, 11) is 0. The van der Waals surface area contributed by atoms with Gasteiger partial charge in [0.15, 0.2) is 6.10 Å². The van der Waals surface area contributed by atoms with Gasteiger partial charge in [0.1, 0.15) is 0 Å². The molecule has 0 saturated carbocycles. The van der Waals surface area contributed by atoms with Crippen molar-refractivity contribution >= 4 is 35.1 Å². The number of piperidine rings is 1. The number of carbonyl (C=O) groups is 4. The lowest BCUT2D eigenvalue weighted by Gasteiger charge is -2.35. The molecule has 3 amide bonds. The van der Waals surface area contributed by atoms with Gasteiger partial charge in [-0.25, -0.2) is 0 Å². The summed E-state index contributed by atoms with van der Waals surface area (Å²) in [5.41, 5.74) is 0.711. The lowest BCUT2D eigenvalue weighted by Crippen LogP contribution is -2.45. The van der Waals surface area contributed by atoms with E-state index in [1.54, 1.807) is 29.2 Å². The summed E-state index contributed by atoms with van der Waals surface area (Å²) in [6, 6.07) is 6.64. The molecule has 0 aliphatic carbocycles. The van der Waals surface area contributed by atoms with Crippen LogP contribution in [0.3, 0.4) is 0 Å². The molecule has 0 radical (unpaired) electrons. The van der Waals surface area contributed by atoms with Gasteiger partial charge >= 0.3 is 5.97 Å². The van der Waals surface area contributed by atoms with E-state index in [1.807, 2.05) is 20.8 Å². The Labute approximate surface area is 177 Å². The van der Waals surface area contributed by atoms with E-state index >= 15 is 0 Å². The molecule has 164 valence electrons. The Morgan fingerprint density at radius 3 is 1.97 bits per heavy atom. The third-order valence-electron chi connectivity index (χ3n) is 4.89. The highest BCUT2D eigenvalue weighted by molar-refractivity contribution is 5.95. The predicted octanol–water partition coefficient (Wildman–Crippen LogP) is 2.80. The lowest BCUT2D eigenvalue weighted by molar-refractivity contribution is -0.160. The molecule has 1 aliphatic rings. The molecule has 1 aromatic carbocycles. The number of carbonyl (C=O) groups excluding carboxylic acids is 4. The first kappa shape index (κ1) is 23.4. The van der Waals surface area contributed by atoms with Crippen LogP contribution in [0.15, 0.2) is 24.3 Å². The Kier molecular flexibility index (Phi) is 7.59. The summed E-state index contributed by atoms with van der Waals surface area (Å²) in [4.78, 5) is 49.9. The second-order valence-electron chi connectivity index (χ2n) is 8.64. The fourth-order valence-electron chi connectivity index (χ4n) is 3.20. The van der Waals surface area contributed by atoms with Crippen molar-refractivity contribution < 1.29 is 23.9 Å². The van der Waals surface area contributed by atoms with E-state index in [-0.39, 0.29) is 17.7 Å². The SMILES string of the molecule is CC(=O)Nc1ccc(NC(=O)[C@@H](C)OC(=O)C2CCN(C(=O)C(C)(C)C)CC2)cc1. The van der Waals surface area contributed by atoms with Gasteiger partial charge in [-0.15, -0.1) is 0 Å². The Bertz CT molecular complexity index is 790. The standard InChI is InChI=1S/C22H31N3O5/c1-14(19(27)24-18-8-6-17(7-9-18)23-15(2)26)30-20(28)16-10-12-25(13-11-16)21(29)22(3,4)5/h6-9,14,16H,10-13H2,1-5H3,(H,23,26)(H,24,27)/t14-/m1/s1. The van der Waals surface area contributed by atoms with Gasteiger partial charge in [-0.3, -0.25) is 19.2 Å². The molecule has 30 heavy (non-hydrogen) atoms. The summed E-state index contributed by atoms with van der Waals surface area (Å²) >= 11 is 0. The van der Waals surface area contributed by atoms with Crippen LogP contribution in [0.1, 0.15) is 47.5 Å². The van der Waals surface area contributed by atoms with Crippen LogP contribution >= 0.6 is 0 Å². The molecule has 0 bridgehead atoms. The average Bonchev–Trinajstić information content (AvgIpc) is 2.67. The van der Waals surface area contributed by atoms with Gasteiger partial charge in [0.05, 0.1) is 5.92 Å². The van der Waals surface area contributed by atoms with Crippen molar-refractivity contribution in [3.05, 3.63) is 24.3 Å². The Balaban J connectivity index is 1.82. The van der Waals surface area contributed by atoms with Gasteiger partial charge in [-0.1, -0.05) is 20.8 Å². The number of amides is 3. The molecule has 0 aromatic heterocycles. The van der Waals surface area contributed by atoms with Gasteiger partial charge in [0, 0.05) is 36.8 Å². The van der Waals surface area contributed by atoms with Crippen molar-refractivity contribution in [3.8, 4) is 0 Å². The fourth-order valence-corrected chi connectivity index (χ4v) is 3.20. The molecule has 1 fully saturated rings. The Morgan fingerprint density at radius 2 is 1.50 bits per heavy atom. The fraction of sp³-hybridized carbons (Fsp3) is 0.545. The second-order valence-corrected chi connectivity index (χ2v) is 8.64. The van der Waals surface area contributed by atoms with E-state index in [0.717, 1.165) is 0 Å². The zero-order valence-corrected chi connectivity index (χ0v) is 18.3. The maximum absolute atomic E-state index is 12.4. The van der Waals surface area contributed by atoms with E-state index in [0.29, 0.717) is 37.3 Å². The Morgan fingerprint density at radius 1 is 1.00 bits per heavy atom. The van der Waals surface area contributed by atoms with E-state index < -0.39 is 23.4 Å². The number of ether oxygens (including phenoxy) is 1. The monoisotopic (exact) mass is 417 g/mol. The van der Waals surface area contributed by atoms with E-state index in [9.17, 15) is 19.2 Å². The molecule has 8 nitrogen and oxygen atoms in total. The molecule has 1 aliphatic heterocycles. The van der Waals surface area contributed by atoms with Gasteiger partial charge in [-0.05, 0) is 44.0 Å². The number of likely N-dealkylation sites (tertiary alicyclic amines) is 1. The van der Waals surface area contributed by atoms with E-state index in [2.05, 4.69) is 10.6 Å². The van der Waals surface area contributed by atoms with E-state index in [1.165, 1.54) is 13.8 Å². The first-order chi connectivity index (χ1) is 14.0. The molecule has 8 heteroatoms. The van der Waals surface area contributed by atoms with Crippen molar-refractivity contribution in [2.45, 2.75) is 53.6 Å². The number of hydrogen-bond acceptors (Lipinski definition) is 5. The van der Waals surface area contributed by atoms with Crippen LogP contribution in [-0.4, -0.2) is 47.8 Å². The minimum Gasteiger partial charge on any atom is -0.452 e. The highest BCUT2D eigenvalue weighted by Gasteiger charge is 2.33. The van der Waals surface area contributed by atoms with Crippen molar-refractivity contribution in [3.63, 3.8) is 0 Å². The van der Waals surface area contributed by atoms with Crippen molar-refractivity contribution in [1.82, 2.24) is 4.90 Å². The molecule has 0 spiro atoms. The smallest absolute Gasteiger partial charge is 0.309 e. The van der Waals surface area contributed by atoms with E-state index in [4.69, 9.17) is 4.74 Å². The van der Waals surface area contributed by atoms with Crippen LogP contribution in [0.2, 0.25) is 0 Å². The van der Waals surface area contributed by atoms with Crippen molar-refractivity contribution in [2.24, 2.45) is 11.3 Å². The third kappa shape index (κ3) is 6.57. The number of nitrogens with zero attached hydrogens (tertiary/aromatic N) is 1. The summed E-state index contributed by atoms with van der Waals surface area (Å²) in [6.45, 7) is 9.60. The van der Waals surface area contributed by atoms with Crippen LogP contribution in [-0.2, 0) is 23.9 Å². The van der Waals surface area contributed by atoms with Gasteiger partial charge in [-0.2, -0.15) is 0 Å². The third-order valence-corrected chi connectivity index (χ3v) is 4.89. The summed E-state index contributed by atoms with van der Waals surface area (Å²) in [5.74, 6) is -1.27. The number of hydrogen-bond donors (Lipinski definition) is 2. The first-order valence-electron chi connectivity index (χ1n) is 10.2. The molecule has 2 rings (SSSR count). The van der Waals surface area contributed by atoms with Crippen LogP contribution in [0, 0.1) is 11.3 Å². The van der Waals surface area contributed by atoms with Crippen LogP contribution in [0.25, 0.3) is 0 Å². The largest absolute Gasteiger partial charge is 0.452 e. The zero-order chi connectivity index (χ0) is 22.5. The highest BCUT2D eigenvalue weighted by atomic mass is 16.5. The quantitative estimate of drug-likeness (QED) is 0.717. The topological polar surface area (TPSA) is 105 Å². The molecular formula is C22H31N3O5. The molecule has 1 aromatic rings. The minimum atomic E-state index is -0.943. The van der Waals surface area contributed by atoms with Crippen LogP contribution < -0.4 is 10.6 Å². The number of nitrogens with one attached hydrogen (secondary N) is 2. The van der Waals surface area contributed by atoms with Gasteiger partial charge in [0.2, 0.25) is 11.8 Å². The van der Waals surface area contributed by atoms with Gasteiger partial charge < -0.3 is 20.3 Å². The molecule has 1 saturated heterocycles. The lowest BCUT2D eigenvalue weighted by atomic mass is 9.91. The first-order valence-corrected chi connectivity index (χ1v) is 10.2. The number of anilines is 2. The zero-order valence-electron chi connectivity index (χ0n) is 18.3. The summed E-state index contributed by atoms with van der Waals surface area (Å²) in [5, 5.41) is 5.33. The number of benzene rings is 1. The predicted molar refractivity (Wildman–Crippen MR) is 114 cm³/mol. The molecule has 1 atom stereocenters. The van der Waals surface area contributed by atoms with Crippen molar-refractivity contribution in [2.75, 3.05) is 23.7 Å². The van der Waals surface area contributed by atoms with Crippen LogP contribution in [0.4, 0.5) is 11.4 Å². The second kappa shape index (κ2) is 9.73. The maximum atomic E-state index is 12.4. The summed E-state index contributed by atoms with van der Waals surface area (Å²) in [6.07, 6.45) is 0.112. The minimum absolute atomic E-state index is 0.0755. The molecule has 1 heterocycles. The summed E-state index contributed by atoms with van der Waals surface area (Å²) < 4.78 is 5.35.